The summed E-state index contributed by atoms with van der Waals surface area (Å²) in [5.41, 5.74) is 0.194. The minimum Gasteiger partial charge on any atom is -0.377 e. The summed E-state index contributed by atoms with van der Waals surface area (Å²) in [6.45, 7) is 7.55. The Bertz CT molecular complexity index is 431. The third-order valence-electron chi connectivity index (χ3n) is 6.32. The number of aliphatic imine (C=N–C) groups is 1. The highest BCUT2D eigenvalue weighted by atomic mass is 16.5. The molecular formula is C18H34N4O. The van der Waals surface area contributed by atoms with Gasteiger partial charge in [-0.15, -0.1) is 0 Å². The molecule has 3 rings (SSSR count). The molecule has 3 unspecified atom stereocenters. The monoisotopic (exact) mass is 322 g/mol. The van der Waals surface area contributed by atoms with Gasteiger partial charge in [0, 0.05) is 50.2 Å². The summed E-state index contributed by atoms with van der Waals surface area (Å²) in [5.74, 6) is 1.58. The maximum Gasteiger partial charge on any atom is 0.191 e. The van der Waals surface area contributed by atoms with E-state index < -0.39 is 0 Å². The molecule has 132 valence electrons. The van der Waals surface area contributed by atoms with E-state index in [9.17, 15) is 0 Å². The van der Waals surface area contributed by atoms with Crippen LogP contribution in [0.1, 0.15) is 46.0 Å². The quantitative estimate of drug-likeness (QED) is 0.599. The van der Waals surface area contributed by atoms with Gasteiger partial charge in [0.1, 0.15) is 0 Å². The van der Waals surface area contributed by atoms with Crippen molar-refractivity contribution in [1.82, 2.24) is 15.5 Å². The maximum atomic E-state index is 5.88. The van der Waals surface area contributed by atoms with E-state index in [0.717, 1.165) is 31.7 Å². The Morgan fingerprint density at radius 1 is 1.26 bits per heavy atom. The number of ether oxygens (including phenoxy) is 1. The average molecular weight is 322 g/mol. The lowest BCUT2D eigenvalue weighted by Gasteiger charge is -2.54. The van der Waals surface area contributed by atoms with Gasteiger partial charge in [0.2, 0.25) is 0 Å². The van der Waals surface area contributed by atoms with Crippen LogP contribution in [0.5, 0.6) is 0 Å². The van der Waals surface area contributed by atoms with Crippen LogP contribution in [0.3, 0.4) is 0 Å². The van der Waals surface area contributed by atoms with Crippen LogP contribution in [0.15, 0.2) is 4.99 Å². The lowest BCUT2D eigenvalue weighted by atomic mass is 9.57. The zero-order chi connectivity index (χ0) is 16.4. The molecule has 1 saturated heterocycles. The number of guanidine groups is 1. The molecule has 0 aromatic carbocycles. The summed E-state index contributed by atoms with van der Waals surface area (Å²) < 4.78 is 5.88. The normalized spacial score (nSPS) is 33.6. The number of fused-ring (bicyclic) bond motifs is 1. The van der Waals surface area contributed by atoms with Crippen LogP contribution in [0.25, 0.3) is 0 Å². The zero-order valence-corrected chi connectivity index (χ0v) is 15.3. The van der Waals surface area contributed by atoms with Crippen LogP contribution < -0.4 is 10.6 Å². The SMILES string of the molecule is CN=C(NCCN(C)C1CCCC1)NC1C2CCOC2C1(C)C. The largest absolute Gasteiger partial charge is 0.377 e. The van der Waals surface area contributed by atoms with Crippen molar-refractivity contribution >= 4 is 5.96 Å². The molecule has 3 fully saturated rings. The summed E-state index contributed by atoms with van der Waals surface area (Å²) in [6.07, 6.45) is 7.12. The lowest BCUT2D eigenvalue weighted by molar-refractivity contribution is -0.106. The molecule has 23 heavy (non-hydrogen) atoms. The molecule has 1 aliphatic heterocycles. The molecule has 0 radical (unpaired) electrons. The molecule has 5 heteroatoms. The predicted octanol–water partition coefficient (Wildman–Crippen LogP) is 1.84. The highest BCUT2D eigenvalue weighted by Crippen LogP contribution is 2.52. The summed E-state index contributed by atoms with van der Waals surface area (Å²) in [6, 6.07) is 1.25. The molecule has 0 aromatic rings. The molecule has 0 bridgehead atoms. The summed E-state index contributed by atoms with van der Waals surface area (Å²) in [7, 11) is 4.12. The van der Waals surface area contributed by atoms with E-state index in [0.29, 0.717) is 18.1 Å². The predicted molar refractivity (Wildman–Crippen MR) is 94.8 cm³/mol. The highest BCUT2D eigenvalue weighted by Gasteiger charge is 2.59. The van der Waals surface area contributed by atoms with Crippen molar-refractivity contribution in [3.05, 3.63) is 0 Å². The second-order valence-corrected chi connectivity index (χ2v) is 8.11. The first-order valence-corrected chi connectivity index (χ1v) is 9.33. The fourth-order valence-corrected chi connectivity index (χ4v) is 4.84. The zero-order valence-electron chi connectivity index (χ0n) is 15.3. The average Bonchev–Trinajstić information content (AvgIpc) is 3.20. The standard InChI is InChI=1S/C18H34N4O/c1-18(2)15(14-9-12-23-16(14)18)21-17(19-3)20-10-11-22(4)13-7-5-6-8-13/h13-16H,5-12H2,1-4H3,(H2,19,20,21). The summed E-state index contributed by atoms with van der Waals surface area (Å²) >= 11 is 0. The van der Waals surface area contributed by atoms with Crippen LogP contribution >= 0.6 is 0 Å². The minimum absolute atomic E-state index is 0.194. The lowest BCUT2D eigenvalue weighted by Crippen LogP contribution is -2.68. The molecule has 2 N–H and O–H groups in total. The number of hydrogen-bond donors (Lipinski definition) is 2. The number of nitrogens with zero attached hydrogens (tertiary/aromatic N) is 2. The van der Waals surface area contributed by atoms with Gasteiger partial charge in [0.05, 0.1) is 6.10 Å². The van der Waals surface area contributed by atoms with Gasteiger partial charge in [0.25, 0.3) is 0 Å². The number of likely N-dealkylation sites (N-methyl/N-ethyl adjacent to an activating group) is 1. The van der Waals surface area contributed by atoms with E-state index in [-0.39, 0.29) is 5.41 Å². The first kappa shape index (κ1) is 17.0. The Hall–Kier alpha value is -0.810. The van der Waals surface area contributed by atoms with Gasteiger partial charge in [-0.05, 0) is 26.3 Å². The Morgan fingerprint density at radius 2 is 2.00 bits per heavy atom. The maximum absolute atomic E-state index is 5.88. The molecule has 3 aliphatic rings. The molecule has 0 amide bonds. The van der Waals surface area contributed by atoms with E-state index in [1.54, 1.807) is 0 Å². The summed E-state index contributed by atoms with van der Waals surface area (Å²) in [4.78, 5) is 6.92. The molecule has 0 spiro atoms. The molecular weight excluding hydrogens is 288 g/mol. The van der Waals surface area contributed by atoms with E-state index >= 15 is 0 Å². The van der Waals surface area contributed by atoms with Crippen LogP contribution in [0.4, 0.5) is 0 Å². The van der Waals surface area contributed by atoms with Crippen molar-refractivity contribution in [1.29, 1.82) is 0 Å². The first-order chi connectivity index (χ1) is 11.0. The van der Waals surface area contributed by atoms with Crippen molar-refractivity contribution < 1.29 is 4.74 Å². The Labute approximate surface area is 141 Å². The number of nitrogens with one attached hydrogen (secondary N) is 2. The second-order valence-electron chi connectivity index (χ2n) is 8.11. The smallest absolute Gasteiger partial charge is 0.191 e. The number of rotatable bonds is 5. The van der Waals surface area contributed by atoms with Crippen molar-refractivity contribution in [2.45, 2.75) is 64.1 Å². The molecule has 5 nitrogen and oxygen atoms in total. The van der Waals surface area contributed by atoms with Crippen LogP contribution in [0, 0.1) is 11.3 Å². The number of hydrogen-bond acceptors (Lipinski definition) is 3. The molecule has 0 aromatic heterocycles. The van der Waals surface area contributed by atoms with Crippen molar-refractivity contribution in [2.75, 3.05) is 33.8 Å². The highest BCUT2D eigenvalue weighted by molar-refractivity contribution is 5.80. The second kappa shape index (κ2) is 6.98. The van der Waals surface area contributed by atoms with Gasteiger partial charge >= 0.3 is 0 Å². The first-order valence-electron chi connectivity index (χ1n) is 9.33. The van der Waals surface area contributed by atoms with E-state index in [1.807, 2.05) is 7.05 Å². The van der Waals surface area contributed by atoms with Crippen molar-refractivity contribution in [3.8, 4) is 0 Å². The van der Waals surface area contributed by atoms with Crippen molar-refractivity contribution in [3.63, 3.8) is 0 Å². The topological polar surface area (TPSA) is 48.9 Å². The van der Waals surface area contributed by atoms with Crippen LogP contribution in [-0.4, -0.2) is 62.8 Å². The molecule has 2 aliphatic carbocycles. The van der Waals surface area contributed by atoms with Crippen molar-refractivity contribution in [2.24, 2.45) is 16.3 Å². The fraction of sp³-hybridized carbons (Fsp3) is 0.944. The van der Waals surface area contributed by atoms with Crippen LogP contribution in [0.2, 0.25) is 0 Å². The Balaban J connectivity index is 1.43. The minimum atomic E-state index is 0.194. The third-order valence-corrected chi connectivity index (χ3v) is 6.32. The summed E-state index contributed by atoms with van der Waals surface area (Å²) in [5, 5.41) is 7.15. The molecule has 2 saturated carbocycles. The van der Waals surface area contributed by atoms with Gasteiger partial charge in [-0.3, -0.25) is 4.99 Å². The van der Waals surface area contributed by atoms with Gasteiger partial charge in [-0.2, -0.15) is 0 Å². The van der Waals surface area contributed by atoms with E-state index in [1.165, 1.54) is 32.1 Å². The Morgan fingerprint density at radius 3 is 2.70 bits per heavy atom. The van der Waals surface area contributed by atoms with Crippen LogP contribution in [-0.2, 0) is 4.74 Å². The van der Waals surface area contributed by atoms with Gasteiger partial charge in [-0.1, -0.05) is 26.7 Å². The molecule has 1 heterocycles. The van der Waals surface area contributed by atoms with E-state index in [4.69, 9.17) is 4.74 Å². The van der Waals surface area contributed by atoms with Gasteiger partial charge in [0.15, 0.2) is 5.96 Å². The molecule has 3 atom stereocenters. The van der Waals surface area contributed by atoms with E-state index in [2.05, 4.69) is 41.4 Å². The van der Waals surface area contributed by atoms with Gasteiger partial charge < -0.3 is 20.3 Å². The fourth-order valence-electron chi connectivity index (χ4n) is 4.84. The van der Waals surface area contributed by atoms with Gasteiger partial charge in [-0.25, -0.2) is 0 Å². The third kappa shape index (κ3) is 3.36. The Kier molecular flexibility index (Phi) is 5.16.